The molecule has 1 aromatic heterocycles. The molecule has 2 aliphatic rings. The molecule has 0 amide bonds. The summed E-state index contributed by atoms with van der Waals surface area (Å²) in [6.07, 6.45) is 7.82. The van der Waals surface area contributed by atoms with Crippen LogP contribution in [-0.2, 0) is 4.74 Å². The van der Waals surface area contributed by atoms with Crippen LogP contribution in [0, 0.1) is 5.92 Å². The normalized spacial score (nSPS) is 22.9. The van der Waals surface area contributed by atoms with Crippen LogP contribution in [0.25, 0.3) is 0 Å². The maximum atomic E-state index is 5.69. The number of aliphatic imine (C=N–C) groups is 1. The van der Waals surface area contributed by atoms with Gasteiger partial charge in [-0.1, -0.05) is 6.08 Å². The van der Waals surface area contributed by atoms with E-state index in [0.717, 1.165) is 22.8 Å². The summed E-state index contributed by atoms with van der Waals surface area (Å²) in [4.78, 5) is 4.96. The van der Waals surface area contributed by atoms with Crippen molar-refractivity contribution in [3.63, 3.8) is 0 Å². The van der Waals surface area contributed by atoms with Crippen LogP contribution in [0.15, 0.2) is 63.9 Å². The minimum Gasteiger partial charge on any atom is -0.497 e. The lowest BCUT2D eigenvalue weighted by Crippen LogP contribution is -2.22. The molecule has 4 rings (SSSR count). The fourth-order valence-corrected chi connectivity index (χ4v) is 3.95. The minimum absolute atomic E-state index is 0.0168. The van der Waals surface area contributed by atoms with Crippen molar-refractivity contribution >= 4 is 5.71 Å². The third-order valence-electron chi connectivity index (χ3n) is 5.23. The summed E-state index contributed by atoms with van der Waals surface area (Å²) in [5.74, 6) is 3.44. The number of fused-ring (bicyclic) bond motifs is 1. The number of hydrogen-bond donors (Lipinski definition) is 0. The van der Waals surface area contributed by atoms with E-state index in [4.69, 9.17) is 28.4 Å². The molecule has 1 aliphatic heterocycles. The molecule has 1 aromatic carbocycles. The molecule has 28 heavy (non-hydrogen) atoms. The Morgan fingerprint density at radius 3 is 2.29 bits per heavy atom. The van der Waals surface area contributed by atoms with Gasteiger partial charge in [0.15, 0.2) is 11.5 Å². The van der Waals surface area contributed by atoms with E-state index in [0.29, 0.717) is 17.2 Å². The van der Waals surface area contributed by atoms with E-state index >= 15 is 0 Å². The quantitative estimate of drug-likeness (QED) is 0.757. The van der Waals surface area contributed by atoms with E-state index in [9.17, 15) is 0 Å². The fourth-order valence-electron chi connectivity index (χ4n) is 3.95. The molecule has 0 spiro atoms. The molecule has 146 valence electrons. The highest BCUT2D eigenvalue weighted by Gasteiger charge is 2.41. The molecule has 1 aliphatic carbocycles. The molecule has 0 N–H and O–H groups in total. The molecule has 0 fully saturated rings. The summed E-state index contributed by atoms with van der Waals surface area (Å²) < 4.78 is 27.8. The van der Waals surface area contributed by atoms with Gasteiger partial charge in [0.05, 0.1) is 46.5 Å². The lowest BCUT2D eigenvalue weighted by molar-refractivity contribution is 0.297. The van der Waals surface area contributed by atoms with E-state index in [1.165, 1.54) is 0 Å². The average Bonchev–Trinajstić information content (AvgIpc) is 3.39. The first-order chi connectivity index (χ1) is 13.7. The van der Waals surface area contributed by atoms with Crippen LogP contribution >= 0.6 is 0 Å². The zero-order valence-electron chi connectivity index (χ0n) is 16.3. The molecule has 2 heterocycles. The van der Waals surface area contributed by atoms with E-state index in [2.05, 4.69) is 12.2 Å². The Labute approximate surface area is 164 Å². The van der Waals surface area contributed by atoms with Gasteiger partial charge in [-0.2, -0.15) is 0 Å². The van der Waals surface area contributed by atoms with Gasteiger partial charge in [-0.3, -0.25) is 4.99 Å². The number of allylic oxidation sites excluding steroid dienone is 1. The number of ether oxygens (including phenoxy) is 4. The number of hydrogen-bond acceptors (Lipinski definition) is 6. The van der Waals surface area contributed by atoms with E-state index in [1.807, 2.05) is 30.3 Å². The molecule has 3 atom stereocenters. The molecular weight excluding hydrogens is 358 g/mol. The molecular formula is C22H23NO5. The van der Waals surface area contributed by atoms with Crippen molar-refractivity contribution in [2.45, 2.75) is 12.0 Å². The first-order valence-corrected chi connectivity index (χ1v) is 9.05. The topological polar surface area (TPSA) is 62.4 Å². The number of rotatable bonds is 6. The summed E-state index contributed by atoms with van der Waals surface area (Å²) in [7, 11) is 6.51. The predicted octanol–water partition coefficient (Wildman–Crippen LogP) is 3.98. The SMILES string of the molecule is COC1=CC2C(C=C1)N=C(c1ccco1)C2c1cc(OC)c(OC)c(OC)c1. The van der Waals surface area contributed by atoms with Gasteiger partial charge in [0.2, 0.25) is 5.75 Å². The van der Waals surface area contributed by atoms with Crippen LogP contribution in [0.2, 0.25) is 0 Å². The van der Waals surface area contributed by atoms with Gasteiger partial charge in [0.1, 0.15) is 11.5 Å². The van der Waals surface area contributed by atoms with Crippen molar-refractivity contribution in [1.29, 1.82) is 0 Å². The van der Waals surface area contributed by atoms with Crippen LogP contribution in [0.1, 0.15) is 17.2 Å². The molecule has 0 saturated carbocycles. The highest BCUT2D eigenvalue weighted by atomic mass is 16.5. The van der Waals surface area contributed by atoms with Crippen LogP contribution < -0.4 is 14.2 Å². The Morgan fingerprint density at radius 2 is 1.71 bits per heavy atom. The number of furan rings is 1. The van der Waals surface area contributed by atoms with E-state index < -0.39 is 0 Å². The number of methoxy groups -OCH3 is 4. The van der Waals surface area contributed by atoms with Gasteiger partial charge >= 0.3 is 0 Å². The fraction of sp³-hybridized carbons (Fsp3) is 0.318. The molecule has 6 heteroatoms. The van der Waals surface area contributed by atoms with Crippen molar-refractivity contribution in [2.24, 2.45) is 10.9 Å². The van der Waals surface area contributed by atoms with Gasteiger partial charge in [-0.05, 0) is 42.0 Å². The predicted molar refractivity (Wildman–Crippen MR) is 106 cm³/mol. The van der Waals surface area contributed by atoms with Gasteiger partial charge in [0, 0.05) is 11.8 Å². The zero-order valence-corrected chi connectivity index (χ0v) is 16.3. The second-order valence-corrected chi connectivity index (χ2v) is 6.63. The van der Waals surface area contributed by atoms with Crippen molar-refractivity contribution < 1.29 is 23.4 Å². The van der Waals surface area contributed by atoms with Crippen molar-refractivity contribution in [2.75, 3.05) is 28.4 Å². The first kappa shape index (κ1) is 18.2. The Bertz CT molecular complexity index is 917. The smallest absolute Gasteiger partial charge is 0.203 e. The van der Waals surface area contributed by atoms with Crippen LogP contribution in [0.4, 0.5) is 0 Å². The van der Waals surface area contributed by atoms with Crippen molar-refractivity contribution in [3.8, 4) is 17.2 Å². The Morgan fingerprint density at radius 1 is 0.964 bits per heavy atom. The average molecular weight is 381 g/mol. The molecule has 3 unspecified atom stereocenters. The highest BCUT2D eigenvalue weighted by Crippen LogP contribution is 2.47. The maximum Gasteiger partial charge on any atom is 0.203 e. The maximum absolute atomic E-state index is 5.69. The number of nitrogens with zero attached hydrogens (tertiary/aromatic N) is 1. The molecule has 0 bridgehead atoms. The largest absolute Gasteiger partial charge is 0.497 e. The summed E-state index contributed by atoms with van der Waals surface area (Å²) in [5.41, 5.74) is 1.91. The summed E-state index contributed by atoms with van der Waals surface area (Å²) >= 11 is 0. The Balaban J connectivity index is 1.86. The Hall–Kier alpha value is -3.15. The minimum atomic E-state index is -0.0417. The monoisotopic (exact) mass is 381 g/mol. The zero-order chi connectivity index (χ0) is 19.7. The molecule has 6 nitrogen and oxygen atoms in total. The van der Waals surface area contributed by atoms with Gasteiger partial charge in [-0.15, -0.1) is 0 Å². The van der Waals surface area contributed by atoms with Crippen molar-refractivity contribution in [1.82, 2.24) is 0 Å². The summed E-state index contributed by atoms with van der Waals surface area (Å²) in [6, 6.07) is 7.78. The van der Waals surface area contributed by atoms with E-state index in [-0.39, 0.29) is 17.9 Å². The molecule has 2 aromatic rings. The third kappa shape index (κ3) is 2.95. The molecule has 0 radical (unpaired) electrons. The van der Waals surface area contributed by atoms with Crippen LogP contribution in [0.5, 0.6) is 17.2 Å². The highest BCUT2D eigenvalue weighted by molar-refractivity contribution is 6.05. The van der Waals surface area contributed by atoms with Gasteiger partial charge in [0.25, 0.3) is 0 Å². The lowest BCUT2D eigenvalue weighted by atomic mass is 9.79. The first-order valence-electron chi connectivity index (χ1n) is 9.05. The van der Waals surface area contributed by atoms with Crippen molar-refractivity contribution in [3.05, 3.63) is 65.8 Å². The second kappa shape index (κ2) is 7.46. The summed E-state index contributed by atoms with van der Waals surface area (Å²) in [5, 5.41) is 0. The van der Waals surface area contributed by atoms with E-state index in [1.54, 1.807) is 34.7 Å². The second-order valence-electron chi connectivity index (χ2n) is 6.63. The van der Waals surface area contributed by atoms with Gasteiger partial charge < -0.3 is 23.4 Å². The Kier molecular flexibility index (Phi) is 4.86. The number of benzene rings is 1. The van der Waals surface area contributed by atoms with Gasteiger partial charge in [-0.25, -0.2) is 0 Å². The van der Waals surface area contributed by atoms with Crippen LogP contribution in [-0.4, -0.2) is 40.2 Å². The lowest BCUT2D eigenvalue weighted by Gasteiger charge is -2.25. The third-order valence-corrected chi connectivity index (χ3v) is 5.23. The van der Waals surface area contributed by atoms with Crippen LogP contribution in [0.3, 0.4) is 0 Å². The summed E-state index contributed by atoms with van der Waals surface area (Å²) in [6.45, 7) is 0. The molecule has 0 saturated heterocycles. The standard InChI is InChI=1S/C22H23NO5/c1-24-14-7-8-16-15(12-14)20(21(23-16)17-6-5-9-28-17)13-10-18(25-2)22(27-4)19(11-13)26-3/h5-12,15-16,20H,1-4H3.